The van der Waals surface area contributed by atoms with Gasteiger partial charge in [0, 0.05) is 24.4 Å². The summed E-state index contributed by atoms with van der Waals surface area (Å²) in [6.45, 7) is 0.367. The maximum atomic E-state index is 12.7. The molecule has 0 aliphatic carbocycles. The number of rotatable bonds is 6. The largest absolute Gasteiger partial charge is 0.377 e. The molecule has 2 aromatic carbocycles. The summed E-state index contributed by atoms with van der Waals surface area (Å²) >= 11 is 0. The molecule has 1 aliphatic heterocycles. The number of hydrogen-bond acceptors (Lipinski definition) is 6. The summed E-state index contributed by atoms with van der Waals surface area (Å²) < 4.78 is 5.05. The molecular weight excluding hydrogens is 356 g/mol. The van der Waals surface area contributed by atoms with Gasteiger partial charge in [-0.1, -0.05) is 42.5 Å². The Bertz CT molecular complexity index is 943. The average molecular weight is 378 g/mol. The zero-order valence-corrected chi connectivity index (χ0v) is 15.5. The van der Waals surface area contributed by atoms with Crippen LogP contribution in [0.15, 0.2) is 54.6 Å². The molecule has 0 bridgehead atoms. The predicted octanol–water partition coefficient (Wildman–Crippen LogP) is 2.16. The maximum Gasteiger partial charge on any atom is 0.242 e. The topological polar surface area (TPSA) is 104 Å². The lowest BCUT2D eigenvalue weighted by molar-refractivity contribution is -0.117. The zero-order valence-electron chi connectivity index (χ0n) is 15.5. The summed E-state index contributed by atoms with van der Waals surface area (Å²) in [7, 11) is 1.60. The Hall–Kier alpha value is -3.07. The molecule has 1 aromatic heterocycles. The molecular formula is C20H22N6O2. The monoisotopic (exact) mass is 378 g/mol. The van der Waals surface area contributed by atoms with Gasteiger partial charge in [0.05, 0.1) is 0 Å². The number of nitrogens with one attached hydrogen (secondary N) is 4. The summed E-state index contributed by atoms with van der Waals surface area (Å²) in [6, 6.07) is 17.3. The second-order valence-corrected chi connectivity index (χ2v) is 6.65. The van der Waals surface area contributed by atoms with E-state index in [0.717, 1.165) is 11.1 Å². The summed E-state index contributed by atoms with van der Waals surface area (Å²) in [4.78, 5) is 17.0. The van der Waals surface area contributed by atoms with Crippen LogP contribution in [0, 0.1) is 0 Å². The van der Waals surface area contributed by atoms with Crippen molar-refractivity contribution in [3.63, 3.8) is 0 Å². The predicted molar refractivity (Wildman–Crippen MR) is 105 cm³/mol. The highest BCUT2D eigenvalue weighted by Crippen LogP contribution is 2.24. The third-order valence-electron chi connectivity index (χ3n) is 4.62. The summed E-state index contributed by atoms with van der Waals surface area (Å²) in [6.07, 6.45) is 0.677. The van der Waals surface area contributed by atoms with Gasteiger partial charge < -0.3 is 10.1 Å². The number of hydrogen-bond donors (Lipinski definition) is 4. The molecule has 1 aliphatic rings. The van der Waals surface area contributed by atoms with Crippen LogP contribution in [0.5, 0.6) is 0 Å². The van der Waals surface area contributed by atoms with Gasteiger partial charge in [0.2, 0.25) is 5.91 Å². The van der Waals surface area contributed by atoms with Crippen molar-refractivity contribution in [3.05, 3.63) is 66.0 Å². The fourth-order valence-electron chi connectivity index (χ4n) is 3.22. The lowest BCUT2D eigenvalue weighted by Gasteiger charge is -2.11. The summed E-state index contributed by atoms with van der Waals surface area (Å²) in [5.74, 6) is 1.13. The van der Waals surface area contributed by atoms with Crippen molar-refractivity contribution < 1.29 is 9.53 Å². The van der Waals surface area contributed by atoms with Crippen LogP contribution >= 0.6 is 0 Å². The Morgan fingerprint density at radius 2 is 2.04 bits per heavy atom. The van der Waals surface area contributed by atoms with Crippen LogP contribution in [0.3, 0.4) is 0 Å². The average Bonchev–Trinajstić information content (AvgIpc) is 3.39. The van der Waals surface area contributed by atoms with Crippen molar-refractivity contribution in [2.45, 2.75) is 25.1 Å². The Kier molecular flexibility index (Phi) is 5.43. The highest BCUT2D eigenvalue weighted by Gasteiger charge is 2.30. The zero-order chi connectivity index (χ0) is 19.3. The van der Waals surface area contributed by atoms with E-state index in [1.54, 1.807) is 7.11 Å². The van der Waals surface area contributed by atoms with Crippen molar-refractivity contribution in [1.82, 2.24) is 26.0 Å². The smallest absolute Gasteiger partial charge is 0.242 e. The van der Waals surface area contributed by atoms with E-state index in [9.17, 15) is 4.79 Å². The van der Waals surface area contributed by atoms with E-state index in [-0.39, 0.29) is 18.0 Å². The number of anilines is 1. The van der Waals surface area contributed by atoms with E-state index in [4.69, 9.17) is 4.74 Å². The molecule has 0 spiro atoms. The van der Waals surface area contributed by atoms with Gasteiger partial charge in [0.25, 0.3) is 0 Å². The van der Waals surface area contributed by atoms with E-state index in [1.807, 2.05) is 42.5 Å². The number of aromatic amines is 1. The van der Waals surface area contributed by atoms with Gasteiger partial charge in [-0.2, -0.15) is 5.10 Å². The molecule has 0 saturated carbocycles. The number of nitrogens with zero attached hydrogens (tertiary/aromatic N) is 2. The van der Waals surface area contributed by atoms with Gasteiger partial charge in [0.15, 0.2) is 11.6 Å². The van der Waals surface area contributed by atoms with Crippen LogP contribution in [0.2, 0.25) is 0 Å². The van der Waals surface area contributed by atoms with Crippen LogP contribution in [-0.4, -0.2) is 34.2 Å². The molecule has 1 saturated heterocycles. The fraction of sp³-hybridized carbons (Fsp3) is 0.250. The van der Waals surface area contributed by atoms with Gasteiger partial charge in [-0.15, -0.1) is 0 Å². The number of aromatic nitrogens is 3. The van der Waals surface area contributed by atoms with Crippen LogP contribution in [0.4, 0.5) is 5.69 Å². The minimum Gasteiger partial charge on any atom is -0.377 e. The molecule has 3 aromatic rings. The number of carbonyl (C=O) groups excluding carboxylic acids is 1. The van der Waals surface area contributed by atoms with Crippen LogP contribution in [0.1, 0.15) is 23.9 Å². The molecule has 8 heteroatoms. The number of methoxy groups -OCH3 is 1. The first-order valence-electron chi connectivity index (χ1n) is 9.10. The van der Waals surface area contributed by atoms with Crippen LogP contribution in [-0.2, 0) is 16.1 Å². The molecule has 2 unspecified atom stereocenters. The molecule has 144 valence electrons. The number of amides is 1. The van der Waals surface area contributed by atoms with Crippen molar-refractivity contribution in [1.29, 1.82) is 0 Å². The van der Waals surface area contributed by atoms with Crippen molar-refractivity contribution in [3.8, 4) is 11.4 Å². The maximum absolute atomic E-state index is 12.7. The van der Waals surface area contributed by atoms with Crippen molar-refractivity contribution in [2.75, 3.05) is 12.4 Å². The molecule has 1 fully saturated rings. The molecule has 28 heavy (non-hydrogen) atoms. The van der Waals surface area contributed by atoms with E-state index < -0.39 is 0 Å². The summed E-state index contributed by atoms with van der Waals surface area (Å²) in [5.41, 5.74) is 8.95. The van der Waals surface area contributed by atoms with Gasteiger partial charge in [-0.3, -0.25) is 9.89 Å². The van der Waals surface area contributed by atoms with E-state index in [0.29, 0.717) is 30.4 Å². The number of H-pyrrole nitrogens is 1. The highest BCUT2D eigenvalue weighted by atomic mass is 16.5. The van der Waals surface area contributed by atoms with E-state index in [2.05, 4.69) is 43.5 Å². The molecule has 4 rings (SSSR count). The Morgan fingerprint density at radius 3 is 2.86 bits per heavy atom. The third kappa shape index (κ3) is 4.09. The van der Waals surface area contributed by atoms with Crippen LogP contribution < -0.4 is 16.2 Å². The normalized spacial score (nSPS) is 18.9. The van der Waals surface area contributed by atoms with Gasteiger partial charge in [-0.25, -0.2) is 15.8 Å². The van der Waals surface area contributed by atoms with Gasteiger partial charge in [0.1, 0.15) is 12.6 Å². The van der Waals surface area contributed by atoms with Crippen LogP contribution in [0.25, 0.3) is 11.4 Å². The first-order chi connectivity index (χ1) is 13.7. The number of benzene rings is 2. The van der Waals surface area contributed by atoms with Crippen molar-refractivity contribution >= 4 is 11.6 Å². The Balaban J connectivity index is 1.41. The minimum absolute atomic E-state index is 0.0851. The SMILES string of the molecule is COCc1nc(-c2cccc(NC(=O)C3CC(c4ccccc4)NN3)c2)n[nH]1. The second kappa shape index (κ2) is 8.30. The van der Waals surface area contributed by atoms with Gasteiger partial charge in [-0.05, 0) is 24.1 Å². The quantitative estimate of drug-likeness (QED) is 0.524. The lowest BCUT2D eigenvalue weighted by atomic mass is 10.0. The molecule has 0 radical (unpaired) electrons. The molecule has 8 nitrogen and oxygen atoms in total. The molecule has 2 atom stereocenters. The highest BCUT2D eigenvalue weighted by molar-refractivity contribution is 5.95. The fourth-order valence-corrected chi connectivity index (χ4v) is 3.22. The Labute approximate surface area is 162 Å². The molecule has 2 heterocycles. The number of hydrazine groups is 1. The first-order valence-corrected chi connectivity index (χ1v) is 9.10. The standard InChI is InChI=1S/C20H22N6O2/c1-28-12-18-22-19(26-25-18)14-8-5-9-15(10-14)21-20(27)17-11-16(23-24-17)13-6-3-2-4-7-13/h2-10,16-17,23-24H,11-12H2,1H3,(H,21,27)(H,22,25,26). The third-order valence-corrected chi connectivity index (χ3v) is 4.62. The molecule has 4 N–H and O–H groups in total. The van der Waals surface area contributed by atoms with Gasteiger partial charge >= 0.3 is 0 Å². The van der Waals surface area contributed by atoms with E-state index in [1.165, 1.54) is 0 Å². The summed E-state index contributed by atoms with van der Waals surface area (Å²) in [5, 5.41) is 10.0. The molecule has 1 amide bonds. The number of carbonyl (C=O) groups is 1. The first kappa shape index (κ1) is 18.3. The van der Waals surface area contributed by atoms with E-state index >= 15 is 0 Å². The Morgan fingerprint density at radius 1 is 1.18 bits per heavy atom. The second-order valence-electron chi connectivity index (χ2n) is 6.65. The van der Waals surface area contributed by atoms with Crippen molar-refractivity contribution in [2.24, 2.45) is 0 Å². The lowest BCUT2D eigenvalue weighted by Crippen LogP contribution is -2.39. The minimum atomic E-state index is -0.314. The number of ether oxygens (including phenoxy) is 1.